The van der Waals surface area contributed by atoms with Crippen LogP contribution in [0.15, 0.2) is 51.6 Å². The second-order valence-corrected chi connectivity index (χ2v) is 6.48. The number of hydrogen-bond donors (Lipinski definition) is 2. The van der Waals surface area contributed by atoms with Gasteiger partial charge in [0.25, 0.3) is 11.2 Å². The normalized spacial score (nSPS) is 11.8. The topological polar surface area (TPSA) is 95.5 Å². The summed E-state index contributed by atoms with van der Waals surface area (Å²) in [6.07, 6.45) is 1.37. The summed E-state index contributed by atoms with van der Waals surface area (Å²) >= 11 is 0. The van der Waals surface area contributed by atoms with Gasteiger partial charge in [0, 0.05) is 5.41 Å². The van der Waals surface area contributed by atoms with E-state index >= 15 is 0 Å². The van der Waals surface area contributed by atoms with Crippen molar-refractivity contribution in [2.75, 3.05) is 0 Å². The van der Waals surface area contributed by atoms with Gasteiger partial charge in [-0.25, -0.2) is 9.53 Å². The van der Waals surface area contributed by atoms with E-state index < -0.39 is 0 Å². The molecule has 2 N–H and O–H groups in total. The van der Waals surface area contributed by atoms with E-state index in [2.05, 4.69) is 30.4 Å². The number of benzene rings is 1. The molecule has 0 aliphatic rings. The Hall–Kier alpha value is -3.47. The summed E-state index contributed by atoms with van der Waals surface area (Å²) in [6.45, 7) is 13.0. The molecule has 3 aromatic rings. The van der Waals surface area contributed by atoms with E-state index in [0.717, 1.165) is 0 Å². The zero-order chi connectivity index (χ0) is 18.0. The van der Waals surface area contributed by atoms with E-state index in [1.807, 2.05) is 51.1 Å². The Balaban J connectivity index is 2.14. The van der Waals surface area contributed by atoms with Crippen LogP contribution in [0.2, 0.25) is 0 Å². The molecule has 8 heteroatoms. The first kappa shape index (κ1) is 16.4. The average Bonchev–Trinajstić information content (AvgIpc) is 3.17. The fourth-order valence-corrected chi connectivity index (χ4v) is 2.33. The summed E-state index contributed by atoms with van der Waals surface area (Å²) < 4.78 is 1.44. The van der Waals surface area contributed by atoms with Crippen molar-refractivity contribution < 1.29 is 0 Å². The van der Waals surface area contributed by atoms with Crippen LogP contribution in [0.3, 0.4) is 0 Å². The Labute approximate surface area is 144 Å². The molecule has 3 rings (SSSR count). The molecule has 0 bridgehead atoms. The number of aromatic amines is 2. The molecule has 0 saturated heterocycles. The number of H-pyrrole nitrogens is 2. The van der Waals surface area contributed by atoms with Crippen molar-refractivity contribution in [1.82, 2.24) is 20.0 Å². The van der Waals surface area contributed by atoms with Crippen LogP contribution in [0, 0.1) is 6.57 Å². The number of aromatic nitrogens is 4. The Morgan fingerprint density at radius 3 is 2.56 bits per heavy atom. The molecule has 0 unspecified atom stereocenters. The second-order valence-electron chi connectivity index (χ2n) is 6.48. The lowest BCUT2D eigenvalue weighted by atomic mass is 9.91. The highest BCUT2D eigenvalue weighted by molar-refractivity contribution is 5.60. The van der Waals surface area contributed by atoms with Gasteiger partial charge in [-0.05, 0) is 12.1 Å². The second kappa shape index (κ2) is 6.20. The highest BCUT2D eigenvalue weighted by atomic mass is 16.1. The molecule has 0 aliphatic heterocycles. The van der Waals surface area contributed by atoms with E-state index in [9.17, 15) is 4.79 Å². The molecule has 2 aromatic heterocycles. The molecule has 0 fully saturated rings. The zero-order valence-electron chi connectivity index (χ0n) is 14.1. The Kier molecular flexibility index (Phi) is 4.07. The third-order valence-electron chi connectivity index (χ3n) is 3.60. The molecule has 0 radical (unpaired) electrons. The molecule has 0 atom stereocenters. The van der Waals surface area contributed by atoms with Gasteiger partial charge in [-0.1, -0.05) is 39.0 Å². The first-order valence-corrected chi connectivity index (χ1v) is 7.65. The fraction of sp³-hybridized carbons (Fsp3) is 0.235. The van der Waals surface area contributed by atoms with Crippen molar-refractivity contribution in [2.45, 2.75) is 26.2 Å². The van der Waals surface area contributed by atoms with Gasteiger partial charge in [0.05, 0.1) is 24.2 Å². The van der Waals surface area contributed by atoms with Gasteiger partial charge in [-0.15, -0.1) is 10.2 Å². The monoisotopic (exact) mass is 335 g/mol. The van der Waals surface area contributed by atoms with Gasteiger partial charge < -0.3 is 0 Å². The van der Waals surface area contributed by atoms with Gasteiger partial charge in [-0.3, -0.25) is 15.0 Å². The van der Waals surface area contributed by atoms with Crippen molar-refractivity contribution in [1.29, 1.82) is 0 Å². The van der Waals surface area contributed by atoms with Crippen LogP contribution < -0.4 is 5.56 Å². The van der Waals surface area contributed by atoms with E-state index in [-0.39, 0.29) is 28.2 Å². The van der Waals surface area contributed by atoms with E-state index in [1.54, 1.807) is 0 Å². The minimum Gasteiger partial charge on any atom is -0.292 e. The summed E-state index contributed by atoms with van der Waals surface area (Å²) in [5.74, 6) is 0.224. The number of nitrogens with one attached hydrogen (secondary N) is 2. The molecule has 126 valence electrons. The highest BCUT2D eigenvalue weighted by Gasteiger charge is 2.25. The van der Waals surface area contributed by atoms with Gasteiger partial charge in [0.1, 0.15) is 0 Å². The summed E-state index contributed by atoms with van der Waals surface area (Å²) in [6, 6.07) is 9.25. The Bertz CT molecular complexity index is 1010. The maximum absolute atomic E-state index is 12.8. The summed E-state index contributed by atoms with van der Waals surface area (Å²) in [5.41, 5.74) is 1.19. The quantitative estimate of drug-likeness (QED) is 0.555. The summed E-state index contributed by atoms with van der Waals surface area (Å²) in [5, 5.41) is 17.6. The van der Waals surface area contributed by atoms with Crippen LogP contribution in [0.5, 0.6) is 0 Å². The van der Waals surface area contributed by atoms with E-state index in [4.69, 9.17) is 6.57 Å². The lowest BCUT2D eigenvalue weighted by molar-refractivity contribution is 0.560. The minimum atomic E-state index is -0.343. The number of rotatable bonds is 3. The molecule has 1 aromatic carbocycles. The van der Waals surface area contributed by atoms with E-state index in [0.29, 0.717) is 11.4 Å². The maximum atomic E-state index is 12.8. The van der Waals surface area contributed by atoms with Crippen molar-refractivity contribution >= 4 is 17.2 Å². The predicted octanol–water partition coefficient (Wildman–Crippen LogP) is 4.15. The van der Waals surface area contributed by atoms with Gasteiger partial charge in [-0.2, -0.15) is 5.10 Å². The first-order chi connectivity index (χ1) is 11.9. The SMILES string of the molecule is [C-]#[N+]c1cn[nH]c1N=Nc1c(C(C)(C)C)[nH]n(-c2ccccc2)c1=O. The Morgan fingerprint density at radius 2 is 1.92 bits per heavy atom. The zero-order valence-corrected chi connectivity index (χ0v) is 14.1. The van der Waals surface area contributed by atoms with Crippen molar-refractivity contribution in [3.05, 3.63) is 64.0 Å². The lowest BCUT2D eigenvalue weighted by Crippen LogP contribution is -2.14. The molecule has 0 amide bonds. The summed E-state index contributed by atoms with van der Waals surface area (Å²) in [4.78, 5) is 16.1. The third kappa shape index (κ3) is 3.12. The standard InChI is InChI=1S/C17H17N7O/c1-17(2,3)14-13(20-22-15-12(18-4)10-19-21-15)16(25)24(23-14)11-8-6-5-7-9-11/h5-10,23H,1-3H3,(H,19,21). The van der Waals surface area contributed by atoms with Crippen LogP contribution in [0.4, 0.5) is 17.2 Å². The Morgan fingerprint density at radius 1 is 1.20 bits per heavy atom. The fourth-order valence-electron chi connectivity index (χ4n) is 2.33. The molecule has 25 heavy (non-hydrogen) atoms. The first-order valence-electron chi connectivity index (χ1n) is 7.65. The molecule has 0 spiro atoms. The third-order valence-corrected chi connectivity index (χ3v) is 3.60. The number of hydrogen-bond acceptors (Lipinski definition) is 4. The van der Waals surface area contributed by atoms with E-state index in [1.165, 1.54) is 10.9 Å². The van der Waals surface area contributed by atoms with Crippen molar-refractivity contribution in [3.8, 4) is 5.69 Å². The lowest BCUT2D eigenvalue weighted by Gasteiger charge is -2.16. The molecule has 8 nitrogen and oxygen atoms in total. The van der Waals surface area contributed by atoms with Crippen molar-refractivity contribution in [3.63, 3.8) is 0 Å². The molecule has 0 saturated carbocycles. The molecular weight excluding hydrogens is 318 g/mol. The predicted molar refractivity (Wildman–Crippen MR) is 94.1 cm³/mol. The van der Waals surface area contributed by atoms with Gasteiger partial charge in [0.2, 0.25) is 0 Å². The molecule has 2 heterocycles. The molecular formula is C17H17N7O. The van der Waals surface area contributed by atoms with Crippen molar-refractivity contribution in [2.24, 2.45) is 10.2 Å². The smallest absolute Gasteiger partial charge is 0.292 e. The molecule has 0 aliphatic carbocycles. The van der Waals surface area contributed by atoms with Crippen LogP contribution >= 0.6 is 0 Å². The number of azo groups is 1. The van der Waals surface area contributed by atoms with Crippen LogP contribution in [-0.2, 0) is 5.41 Å². The van der Waals surface area contributed by atoms with Gasteiger partial charge in [0.15, 0.2) is 11.5 Å². The van der Waals surface area contributed by atoms with Crippen LogP contribution in [-0.4, -0.2) is 20.0 Å². The average molecular weight is 335 g/mol. The number of nitrogens with zero attached hydrogens (tertiary/aromatic N) is 5. The maximum Gasteiger partial charge on any atom is 0.299 e. The van der Waals surface area contributed by atoms with Crippen LogP contribution in [0.25, 0.3) is 10.5 Å². The van der Waals surface area contributed by atoms with Gasteiger partial charge >= 0.3 is 0 Å². The minimum absolute atomic E-state index is 0.210. The largest absolute Gasteiger partial charge is 0.299 e. The summed E-state index contributed by atoms with van der Waals surface area (Å²) in [7, 11) is 0. The highest BCUT2D eigenvalue weighted by Crippen LogP contribution is 2.31. The number of para-hydroxylation sites is 1. The van der Waals surface area contributed by atoms with Crippen LogP contribution in [0.1, 0.15) is 26.5 Å².